The van der Waals surface area contributed by atoms with Gasteiger partial charge in [-0.3, -0.25) is 25.1 Å². The maximum absolute atomic E-state index is 11.8. The Kier molecular flexibility index (Phi) is 4.94. The average molecular weight is 398 g/mol. The fourth-order valence-electron chi connectivity index (χ4n) is 1.81. The Labute approximate surface area is 136 Å². The second kappa shape index (κ2) is 6.70. The number of halogens is 1. The van der Waals surface area contributed by atoms with E-state index in [1.54, 1.807) is 16.8 Å². The van der Waals surface area contributed by atoms with E-state index in [-0.39, 0.29) is 18.4 Å². The zero-order chi connectivity index (χ0) is 15.4. The Morgan fingerprint density at radius 1 is 1.19 bits per heavy atom. The topological polar surface area (TPSA) is 76.0 Å². The standard InChI is InChI=1S/C14H15IN4O2/c1-9-7-10(2)19(18-9)8-13(20)16-17-14(21)11-3-5-12(15)6-4-11/h3-7H,8H2,1-2H3,(H,16,20)(H,17,21). The maximum Gasteiger partial charge on any atom is 0.269 e. The highest BCUT2D eigenvalue weighted by Crippen LogP contribution is 2.06. The molecule has 0 spiro atoms. The van der Waals surface area contributed by atoms with Gasteiger partial charge in [0.15, 0.2) is 0 Å². The minimum absolute atomic E-state index is 0.0621. The summed E-state index contributed by atoms with van der Waals surface area (Å²) in [5, 5.41) is 4.19. The Morgan fingerprint density at radius 2 is 1.86 bits per heavy atom. The molecule has 2 aromatic rings. The van der Waals surface area contributed by atoms with Crippen LogP contribution in [-0.2, 0) is 11.3 Å². The molecule has 0 unspecified atom stereocenters. The molecular weight excluding hydrogens is 383 g/mol. The number of carbonyl (C=O) groups is 2. The fourth-order valence-corrected chi connectivity index (χ4v) is 2.17. The SMILES string of the molecule is Cc1cc(C)n(CC(=O)NNC(=O)c2ccc(I)cc2)n1. The number of hydrazine groups is 1. The first-order valence-corrected chi connectivity index (χ1v) is 7.39. The number of nitrogens with one attached hydrogen (secondary N) is 2. The van der Waals surface area contributed by atoms with Gasteiger partial charge in [-0.15, -0.1) is 0 Å². The highest BCUT2D eigenvalue weighted by molar-refractivity contribution is 14.1. The third-order valence-corrected chi connectivity index (χ3v) is 3.54. The summed E-state index contributed by atoms with van der Waals surface area (Å²) in [5.41, 5.74) is 6.99. The molecule has 2 N–H and O–H groups in total. The molecule has 1 heterocycles. The minimum atomic E-state index is -0.354. The van der Waals surface area contributed by atoms with Crippen LogP contribution in [0.25, 0.3) is 0 Å². The second-order valence-corrected chi connectivity index (χ2v) is 5.84. The first kappa shape index (κ1) is 15.5. The summed E-state index contributed by atoms with van der Waals surface area (Å²) in [4.78, 5) is 23.6. The van der Waals surface area contributed by atoms with Crippen molar-refractivity contribution in [2.24, 2.45) is 0 Å². The molecule has 0 bridgehead atoms. The second-order valence-electron chi connectivity index (χ2n) is 4.59. The first-order valence-electron chi connectivity index (χ1n) is 6.31. The highest BCUT2D eigenvalue weighted by atomic mass is 127. The molecule has 21 heavy (non-hydrogen) atoms. The largest absolute Gasteiger partial charge is 0.271 e. The predicted molar refractivity (Wildman–Crippen MR) is 86.5 cm³/mol. The number of carbonyl (C=O) groups excluding carboxylic acids is 2. The van der Waals surface area contributed by atoms with Crippen LogP contribution < -0.4 is 10.9 Å². The lowest BCUT2D eigenvalue weighted by atomic mass is 10.2. The van der Waals surface area contributed by atoms with Gasteiger partial charge in [0.2, 0.25) is 0 Å². The van der Waals surface area contributed by atoms with E-state index < -0.39 is 0 Å². The summed E-state index contributed by atoms with van der Waals surface area (Å²) in [6.07, 6.45) is 0. The van der Waals surface area contributed by atoms with Gasteiger partial charge in [0.25, 0.3) is 11.8 Å². The summed E-state index contributed by atoms with van der Waals surface area (Å²) in [6.45, 7) is 3.80. The minimum Gasteiger partial charge on any atom is -0.271 e. The molecule has 0 radical (unpaired) electrons. The number of aryl methyl sites for hydroxylation is 2. The van der Waals surface area contributed by atoms with Crippen molar-refractivity contribution >= 4 is 34.4 Å². The Bertz CT molecular complexity index is 664. The van der Waals surface area contributed by atoms with Crippen LogP contribution in [0.2, 0.25) is 0 Å². The van der Waals surface area contributed by atoms with E-state index in [9.17, 15) is 9.59 Å². The van der Waals surface area contributed by atoms with Crippen LogP contribution in [0.4, 0.5) is 0 Å². The van der Waals surface area contributed by atoms with E-state index in [1.807, 2.05) is 32.0 Å². The van der Waals surface area contributed by atoms with Gasteiger partial charge in [-0.25, -0.2) is 0 Å². The zero-order valence-corrected chi connectivity index (χ0v) is 13.8. The van der Waals surface area contributed by atoms with Crippen molar-refractivity contribution in [1.29, 1.82) is 0 Å². The van der Waals surface area contributed by atoms with Gasteiger partial charge in [0.1, 0.15) is 6.54 Å². The number of amides is 2. The molecule has 7 heteroatoms. The van der Waals surface area contributed by atoms with Gasteiger partial charge in [-0.2, -0.15) is 5.10 Å². The molecule has 0 fully saturated rings. The van der Waals surface area contributed by atoms with Crippen LogP contribution in [0.5, 0.6) is 0 Å². The lowest BCUT2D eigenvalue weighted by molar-refractivity contribution is -0.122. The van der Waals surface area contributed by atoms with Crippen LogP contribution >= 0.6 is 22.6 Å². The van der Waals surface area contributed by atoms with Crippen molar-refractivity contribution < 1.29 is 9.59 Å². The van der Waals surface area contributed by atoms with Crippen LogP contribution in [-0.4, -0.2) is 21.6 Å². The molecule has 0 aliphatic rings. The van der Waals surface area contributed by atoms with Crippen LogP contribution in [0.15, 0.2) is 30.3 Å². The van der Waals surface area contributed by atoms with E-state index in [0.29, 0.717) is 5.56 Å². The van der Waals surface area contributed by atoms with Gasteiger partial charge in [-0.05, 0) is 66.8 Å². The van der Waals surface area contributed by atoms with E-state index in [0.717, 1.165) is 15.0 Å². The van der Waals surface area contributed by atoms with Crippen LogP contribution in [0.3, 0.4) is 0 Å². The quantitative estimate of drug-likeness (QED) is 0.609. The third-order valence-electron chi connectivity index (χ3n) is 2.82. The Morgan fingerprint density at radius 3 is 2.43 bits per heavy atom. The molecule has 0 aliphatic carbocycles. The summed E-state index contributed by atoms with van der Waals surface area (Å²) in [5.74, 6) is -0.687. The van der Waals surface area contributed by atoms with Gasteiger partial charge in [-0.1, -0.05) is 0 Å². The summed E-state index contributed by atoms with van der Waals surface area (Å²) < 4.78 is 2.62. The molecule has 6 nitrogen and oxygen atoms in total. The molecule has 1 aromatic heterocycles. The number of hydrogen-bond donors (Lipinski definition) is 2. The maximum atomic E-state index is 11.8. The van der Waals surface area contributed by atoms with Crippen LogP contribution in [0.1, 0.15) is 21.7 Å². The first-order chi connectivity index (χ1) is 9.95. The van der Waals surface area contributed by atoms with Gasteiger partial charge >= 0.3 is 0 Å². The molecular formula is C14H15IN4O2. The number of rotatable bonds is 3. The fraction of sp³-hybridized carbons (Fsp3) is 0.214. The van der Waals surface area contributed by atoms with Crippen molar-refractivity contribution in [1.82, 2.24) is 20.6 Å². The Balaban J connectivity index is 1.87. The molecule has 0 saturated carbocycles. The molecule has 1 aromatic carbocycles. The van der Waals surface area contributed by atoms with Crippen LogP contribution in [0, 0.1) is 17.4 Å². The molecule has 0 aliphatic heterocycles. The third kappa shape index (κ3) is 4.28. The normalized spacial score (nSPS) is 10.2. The van der Waals surface area contributed by atoms with Crippen molar-refractivity contribution in [3.63, 3.8) is 0 Å². The molecule has 2 amide bonds. The summed E-state index contributed by atoms with van der Waals surface area (Å²) >= 11 is 2.16. The lowest BCUT2D eigenvalue weighted by Crippen LogP contribution is -2.43. The number of hydrogen-bond acceptors (Lipinski definition) is 3. The predicted octanol–water partition coefficient (Wildman–Crippen LogP) is 1.57. The number of aromatic nitrogens is 2. The van der Waals surface area contributed by atoms with Crippen molar-refractivity contribution in [3.05, 3.63) is 50.9 Å². The van der Waals surface area contributed by atoms with Gasteiger partial charge in [0.05, 0.1) is 5.69 Å². The average Bonchev–Trinajstić information content (AvgIpc) is 2.75. The van der Waals surface area contributed by atoms with E-state index >= 15 is 0 Å². The van der Waals surface area contributed by atoms with E-state index in [2.05, 4.69) is 38.5 Å². The molecule has 2 rings (SSSR count). The smallest absolute Gasteiger partial charge is 0.269 e. The van der Waals surface area contributed by atoms with E-state index in [4.69, 9.17) is 0 Å². The zero-order valence-electron chi connectivity index (χ0n) is 11.7. The molecule has 0 saturated heterocycles. The molecule has 110 valence electrons. The van der Waals surface area contributed by atoms with Gasteiger partial charge in [0, 0.05) is 14.8 Å². The number of nitrogens with zero attached hydrogens (tertiary/aromatic N) is 2. The van der Waals surface area contributed by atoms with Crippen molar-refractivity contribution in [2.75, 3.05) is 0 Å². The van der Waals surface area contributed by atoms with E-state index in [1.165, 1.54) is 0 Å². The summed E-state index contributed by atoms with van der Waals surface area (Å²) in [6, 6.07) is 8.94. The summed E-state index contributed by atoms with van der Waals surface area (Å²) in [7, 11) is 0. The van der Waals surface area contributed by atoms with Gasteiger partial charge < -0.3 is 0 Å². The lowest BCUT2D eigenvalue weighted by Gasteiger charge is -2.08. The molecule has 0 atom stereocenters. The highest BCUT2D eigenvalue weighted by Gasteiger charge is 2.09. The van der Waals surface area contributed by atoms with Crippen molar-refractivity contribution in [2.45, 2.75) is 20.4 Å². The van der Waals surface area contributed by atoms with Crippen molar-refractivity contribution in [3.8, 4) is 0 Å². The monoisotopic (exact) mass is 398 g/mol. The Hall–Kier alpha value is -1.90. The number of benzene rings is 1.